The van der Waals surface area contributed by atoms with Gasteiger partial charge in [0, 0.05) is 5.69 Å². The molecule has 1 aromatic carbocycles. The largest absolute Gasteiger partial charge is 0.399 e. The molecule has 0 saturated heterocycles. The van der Waals surface area contributed by atoms with Crippen molar-refractivity contribution in [2.24, 2.45) is 5.92 Å². The van der Waals surface area contributed by atoms with Crippen molar-refractivity contribution in [2.45, 2.75) is 25.7 Å². The molecule has 20 heavy (non-hydrogen) atoms. The van der Waals surface area contributed by atoms with Crippen LogP contribution in [0.15, 0.2) is 12.1 Å². The number of carbonyl (C=O) groups is 1. The SMILES string of the molecule is Nc1cc(Cl)c(NC(=O)CSCC2CCCC2)c(Cl)c1. The van der Waals surface area contributed by atoms with Crippen molar-refractivity contribution in [2.75, 3.05) is 22.6 Å². The van der Waals surface area contributed by atoms with Crippen LogP contribution >= 0.6 is 35.0 Å². The Kier molecular flexibility index (Phi) is 5.87. The summed E-state index contributed by atoms with van der Waals surface area (Å²) in [5, 5.41) is 3.48. The van der Waals surface area contributed by atoms with Crippen molar-refractivity contribution in [3.8, 4) is 0 Å². The molecule has 0 aromatic heterocycles. The molecule has 3 nitrogen and oxygen atoms in total. The molecule has 0 unspecified atom stereocenters. The van der Waals surface area contributed by atoms with Gasteiger partial charge >= 0.3 is 0 Å². The average Bonchev–Trinajstić information content (AvgIpc) is 2.87. The Morgan fingerprint density at radius 3 is 2.50 bits per heavy atom. The highest BCUT2D eigenvalue weighted by Gasteiger charge is 2.16. The molecule has 1 saturated carbocycles. The van der Waals surface area contributed by atoms with Gasteiger partial charge in [0.25, 0.3) is 0 Å². The van der Waals surface area contributed by atoms with E-state index in [4.69, 9.17) is 28.9 Å². The third kappa shape index (κ3) is 4.47. The summed E-state index contributed by atoms with van der Waals surface area (Å²) in [5.41, 5.74) is 6.54. The summed E-state index contributed by atoms with van der Waals surface area (Å²) in [5.74, 6) is 2.17. The molecule has 0 aliphatic heterocycles. The third-order valence-corrected chi connectivity index (χ3v) is 5.16. The number of amides is 1. The van der Waals surface area contributed by atoms with E-state index < -0.39 is 0 Å². The molecule has 1 aliphatic carbocycles. The zero-order valence-electron chi connectivity index (χ0n) is 11.1. The maximum absolute atomic E-state index is 11.9. The number of thioether (sulfide) groups is 1. The van der Waals surface area contributed by atoms with Crippen molar-refractivity contribution < 1.29 is 4.79 Å². The second-order valence-corrected chi connectivity index (χ2v) is 6.92. The maximum Gasteiger partial charge on any atom is 0.234 e. The van der Waals surface area contributed by atoms with Gasteiger partial charge in [-0.25, -0.2) is 0 Å². The van der Waals surface area contributed by atoms with E-state index in [9.17, 15) is 4.79 Å². The first-order chi connectivity index (χ1) is 9.56. The number of hydrogen-bond donors (Lipinski definition) is 2. The fourth-order valence-electron chi connectivity index (χ4n) is 2.38. The molecule has 0 heterocycles. The number of carbonyl (C=O) groups excluding carboxylic acids is 1. The Labute approximate surface area is 133 Å². The van der Waals surface area contributed by atoms with Gasteiger partial charge in [0.15, 0.2) is 0 Å². The molecule has 1 amide bonds. The van der Waals surface area contributed by atoms with Gasteiger partial charge in [-0.2, -0.15) is 11.8 Å². The number of anilines is 2. The molecule has 3 N–H and O–H groups in total. The normalized spacial score (nSPS) is 15.5. The topological polar surface area (TPSA) is 55.1 Å². The first kappa shape index (κ1) is 15.8. The number of rotatable bonds is 5. The number of nitrogens with one attached hydrogen (secondary N) is 1. The lowest BCUT2D eigenvalue weighted by Crippen LogP contribution is -2.16. The van der Waals surface area contributed by atoms with Crippen LogP contribution in [0.2, 0.25) is 10.0 Å². The van der Waals surface area contributed by atoms with Gasteiger partial charge in [0.2, 0.25) is 5.91 Å². The molecule has 0 radical (unpaired) electrons. The molecular formula is C14H18Cl2N2OS. The summed E-state index contributed by atoms with van der Waals surface area (Å²) in [6, 6.07) is 3.16. The van der Waals surface area contributed by atoms with Crippen LogP contribution in [-0.2, 0) is 4.79 Å². The maximum atomic E-state index is 11.9. The van der Waals surface area contributed by atoms with E-state index in [1.54, 1.807) is 23.9 Å². The van der Waals surface area contributed by atoms with E-state index >= 15 is 0 Å². The van der Waals surface area contributed by atoms with Crippen molar-refractivity contribution in [1.29, 1.82) is 0 Å². The van der Waals surface area contributed by atoms with Crippen LogP contribution in [0.5, 0.6) is 0 Å². The summed E-state index contributed by atoms with van der Waals surface area (Å²) in [6.45, 7) is 0. The van der Waals surface area contributed by atoms with Crippen molar-refractivity contribution >= 4 is 52.2 Å². The standard InChI is InChI=1S/C14H18Cl2N2OS/c15-11-5-10(17)6-12(16)14(11)18-13(19)8-20-7-9-3-1-2-4-9/h5-6,9H,1-4,7-8,17H2,(H,18,19). The summed E-state index contributed by atoms with van der Waals surface area (Å²) in [7, 11) is 0. The average molecular weight is 333 g/mol. The van der Waals surface area contributed by atoms with Gasteiger partial charge in [-0.1, -0.05) is 36.0 Å². The van der Waals surface area contributed by atoms with Crippen LogP contribution in [0.1, 0.15) is 25.7 Å². The molecule has 1 aliphatic rings. The van der Waals surface area contributed by atoms with Gasteiger partial charge in [-0.15, -0.1) is 0 Å². The molecule has 0 bridgehead atoms. The molecule has 110 valence electrons. The van der Waals surface area contributed by atoms with E-state index in [0.29, 0.717) is 27.2 Å². The van der Waals surface area contributed by atoms with Crippen LogP contribution in [-0.4, -0.2) is 17.4 Å². The van der Waals surface area contributed by atoms with Crippen molar-refractivity contribution in [1.82, 2.24) is 0 Å². The number of benzene rings is 1. The molecule has 0 atom stereocenters. The zero-order chi connectivity index (χ0) is 14.5. The van der Waals surface area contributed by atoms with E-state index in [-0.39, 0.29) is 5.91 Å². The highest BCUT2D eigenvalue weighted by Crippen LogP contribution is 2.33. The molecule has 2 rings (SSSR count). The molecule has 1 fully saturated rings. The monoisotopic (exact) mass is 332 g/mol. The van der Waals surface area contributed by atoms with Crippen LogP contribution in [0.25, 0.3) is 0 Å². The lowest BCUT2D eigenvalue weighted by atomic mass is 10.1. The van der Waals surface area contributed by atoms with Crippen LogP contribution in [0.4, 0.5) is 11.4 Å². The zero-order valence-corrected chi connectivity index (χ0v) is 13.5. The van der Waals surface area contributed by atoms with Crippen molar-refractivity contribution in [3.05, 3.63) is 22.2 Å². The lowest BCUT2D eigenvalue weighted by molar-refractivity contribution is -0.113. The molecule has 1 aromatic rings. The Hall–Kier alpha value is -0.580. The number of halogens is 2. The van der Waals surface area contributed by atoms with Crippen LogP contribution < -0.4 is 11.1 Å². The quantitative estimate of drug-likeness (QED) is 0.784. The minimum atomic E-state index is -0.0819. The summed E-state index contributed by atoms with van der Waals surface area (Å²) < 4.78 is 0. The molecular weight excluding hydrogens is 315 g/mol. The summed E-state index contributed by atoms with van der Waals surface area (Å²) in [6.07, 6.45) is 5.25. The first-order valence-corrected chi connectivity index (χ1v) is 8.59. The predicted octanol–water partition coefficient (Wildman–Crippen LogP) is 4.44. The van der Waals surface area contributed by atoms with Gasteiger partial charge in [0.05, 0.1) is 21.5 Å². The molecule has 6 heteroatoms. The first-order valence-electron chi connectivity index (χ1n) is 6.68. The fourth-order valence-corrected chi connectivity index (χ4v) is 4.02. The highest BCUT2D eigenvalue weighted by atomic mass is 35.5. The van der Waals surface area contributed by atoms with E-state index in [0.717, 1.165) is 11.7 Å². The van der Waals surface area contributed by atoms with Crippen LogP contribution in [0.3, 0.4) is 0 Å². The van der Waals surface area contributed by atoms with E-state index in [1.807, 2.05) is 0 Å². The fraction of sp³-hybridized carbons (Fsp3) is 0.500. The van der Waals surface area contributed by atoms with Crippen LogP contribution in [0, 0.1) is 5.92 Å². The smallest absolute Gasteiger partial charge is 0.234 e. The highest BCUT2D eigenvalue weighted by molar-refractivity contribution is 7.99. The lowest BCUT2D eigenvalue weighted by Gasteiger charge is -2.11. The number of nitrogen functional groups attached to an aromatic ring is 1. The Morgan fingerprint density at radius 1 is 1.30 bits per heavy atom. The van der Waals surface area contributed by atoms with E-state index in [1.165, 1.54) is 25.7 Å². The number of nitrogens with two attached hydrogens (primary N) is 1. The Bertz CT molecular complexity index is 467. The van der Waals surface area contributed by atoms with Gasteiger partial charge in [-0.3, -0.25) is 4.79 Å². The van der Waals surface area contributed by atoms with Crippen molar-refractivity contribution in [3.63, 3.8) is 0 Å². The predicted molar refractivity (Wildman–Crippen MR) is 88.8 cm³/mol. The van der Waals surface area contributed by atoms with Gasteiger partial charge in [-0.05, 0) is 36.6 Å². The third-order valence-electron chi connectivity index (χ3n) is 3.39. The van der Waals surface area contributed by atoms with E-state index in [2.05, 4.69) is 5.32 Å². The Morgan fingerprint density at radius 2 is 1.90 bits per heavy atom. The summed E-state index contributed by atoms with van der Waals surface area (Å²) in [4.78, 5) is 11.9. The Balaban J connectivity index is 1.82. The second-order valence-electron chi connectivity index (χ2n) is 5.07. The minimum Gasteiger partial charge on any atom is -0.399 e. The minimum absolute atomic E-state index is 0.0819. The van der Waals surface area contributed by atoms with Gasteiger partial charge in [0.1, 0.15) is 0 Å². The summed E-state index contributed by atoms with van der Waals surface area (Å²) >= 11 is 13.7. The molecule has 0 spiro atoms. The number of hydrogen-bond acceptors (Lipinski definition) is 3. The van der Waals surface area contributed by atoms with Gasteiger partial charge < -0.3 is 11.1 Å². The second kappa shape index (κ2) is 7.43.